The lowest BCUT2D eigenvalue weighted by Crippen LogP contribution is -2.37. The predicted molar refractivity (Wildman–Crippen MR) is 152 cm³/mol. The highest BCUT2D eigenvalue weighted by atomic mass is 19.4. The lowest BCUT2D eigenvalue weighted by molar-refractivity contribution is -0.141. The molecule has 4 heterocycles. The van der Waals surface area contributed by atoms with Gasteiger partial charge in [-0.3, -0.25) is 4.79 Å². The molecule has 0 saturated carbocycles. The highest BCUT2D eigenvalue weighted by Gasteiger charge is 2.42. The Morgan fingerprint density at radius 3 is 2.35 bits per heavy atom. The summed E-state index contributed by atoms with van der Waals surface area (Å²) in [6, 6.07) is 10.4. The lowest BCUT2D eigenvalue weighted by Gasteiger charge is -2.32. The number of aromatic nitrogens is 2. The van der Waals surface area contributed by atoms with E-state index in [1.54, 1.807) is 29.2 Å². The van der Waals surface area contributed by atoms with Gasteiger partial charge in [0.15, 0.2) is 5.69 Å². The van der Waals surface area contributed by atoms with Crippen LogP contribution in [0.25, 0.3) is 0 Å². The number of ketones is 1. The van der Waals surface area contributed by atoms with Crippen LogP contribution in [0.5, 0.6) is 0 Å². The normalized spacial score (nSPS) is 18.1. The van der Waals surface area contributed by atoms with E-state index in [4.69, 9.17) is 13.9 Å². The van der Waals surface area contributed by atoms with Gasteiger partial charge in [0.05, 0.1) is 25.4 Å². The number of alkyl halides is 3. The van der Waals surface area contributed by atoms with Gasteiger partial charge in [0.25, 0.3) is 6.01 Å². The molecule has 2 aliphatic rings. The van der Waals surface area contributed by atoms with Gasteiger partial charge >= 0.3 is 12.1 Å². The van der Waals surface area contributed by atoms with Crippen molar-refractivity contribution >= 4 is 23.6 Å². The van der Waals surface area contributed by atoms with Crippen LogP contribution in [-0.2, 0) is 28.7 Å². The fourth-order valence-corrected chi connectivity index (χ4v) is 5.48. The van der Waals surface area contributed by atoms with Gasteiger partial charge in [0, 0.05) is 38.8 Å². The molecule has 1 unspecified atom stereocenters. The molecule has 5 rings (SSSR count). The molecule has 1 aromatic carbocycles. The first-order valence-corrected chi connectivity index (χ1v) is 14.5. The van der Waals surface area contributed by atoms with Crippen molar-refractivity contribution in [1.29, 1.82) is 0 Å². The Labute approximate surface area is 248 Å². The lowest BCUT2D eigenvalue weighted by atomic mass is 10.0. The summed E-state index contributed by atoms with van der Waals surface area (Å²) in [5, 5.41) is 0. The Morgan fingerprint density at radius 2 is 1.72 bits per heavy atom. The summed E-state index contributed by atoms with van der Waals surface area (Å²) in [7, 11) is 1.35. The van der Waals surface area contributed by atoms with E-state index in [-0.39, 0.29) is 24.5 Å². The summed E-state index contributed by atoms with van der Waals surface area (Å²) in [6.07, 6.45) is -0.0804. The maximum Gasteiger partial charge on any atom is 0.437 e. The summed E-state index contributed by atoms with van der Waals surface area (Å²) in [6.45, 7) is 4.98. The number of anilines is 2. The number of ether oxygens (including phenoxy) is 2. The van der Waals surface area contributed by atoms with E-state index in [9.17, 15) is 22.8 Å². The van der Waals surface area contributed by atoms with E-state index >= 15 is 0 Å². The number of esters is 1. The van der Waals surface area contributed by atoms with Crippen molar-refractivity contribution in [2.45, 2.75) is 57.9 Å². The van der Waals surface area contributed by atoms with Gasteiger partial charge in [-0.2, -0.15) is 18.2 Å². The first-order valence-electron chi connectivity index (χ1n) is 14.5. The average molecular weight is 601 g/mol. The molecule has 2 aliphatic heterocycles. The van der Waals surface area contributed by atoms with E-state index in [0.29, 0.717) is 36.7 Å². The molecular weight excluding hydrogens is 565 g/mol. The first kappa shape index (κ1) is 30.5. The molecule has 2 saturated heterocycles. The standard InChI is InChI=1S/C31H35F3N4O5/c1-20-4-3-13-38(18-20)30-36-28(31(32,33)34)27(43-30)25(39)16-22-7-10-26(35-17-22)37-14-11-24(12-15-37)42-19-21-5-8-23(9-6-21)29(40)41-2/h5-10,17,20,24H,3-4,11-16,18-19H2,1-2H3. The fourth-order valence-electron chi connectivity index (χ4n) is 5.48. The second-order valence-electron chi connectivity index (χ2n) is 11.2. The maximum absolute atomic E-state index is 13.7. The van der Waals surface area contributed by atoms with Crippen LogP contribution in [0.15, 0.2) is 47.0 Å². The number of carbonyl (C=O) groups is 2. The number of nitrogens with zero attached hydrogens (tertiary/aromatic N) is 4. The average Bonchev–Trinajstić information content (AvgIpc) is 3.48. The molecule has 9 nitrogen and oxygen atoms in total. The third kappa shape index (κ3) is 7.54. The summed E-state index contributed by atoms with van der Waals surface area (Å²) in [5.41, 5.74) is 0.663. The summed E-state index contributed by atoms with van der Waals surface area (Å²) >= 11 is 0. The SMILES string of the molecule is COC(=O)c1ccc(COC2CCN(c3ccc(CC(=O)c4oc(N5CCCC(C)C5)nc4C(F)(F)F)cn3)CC2)cc1. The molecule has 0 spiro atoms. The number of benzene rings is 1. The van der Waals surface area contributed by atoms with Gasteiger partial charge in [0.1, 0.15) is 5.82 Å². The largest absolute Gasteiger partial charge is 0.465 e. The molecule has 1 atom stereocenters. The molecule has 0 bridgehead atoms. The number of methoxy groups -OCH3 is 1. The number of oxazole rings is 1. The van der Waals surface area contributed by atoms with Gasteiger partial charge in [0.2, 0.25) is 11.5 Å². The van der Waals surface area contributed by atoms with E-state index < -0.39 is 23.4 Å². The zero-order valence-electron chi connectivity index (χ0n) is 24.2. The third-order valence-electron chi connectivity index (χ3n) is 7.87. The summed E-state index contributed by atoms with van der Waals surface area (Å²) in [4.78, 5) is 36.5. The zero-order chi connectivity index (χ0) is 30.6. The first-order chi connectivity index (χ1) is 20.6. The van der Waals surface area contributed by atoms with Crippen LogP contribution in [0.1, 0.15) is 70.3 Å². The van der Waals surface area contributed by atoms with Crippen LogP contribution in [0.4, 0.5) is 25.0 Å². The Bertz CT molecular complexity index is 1400. The second-order valence-corrected chi connectivity index (χ2v) is 11.2. The van der Waals surface area contributed by atoms with Crippen LogP contribution in [-0.4, -0.2) is 61.1 Å². The number of carbonyl (C=O) groups excluding carboxylic acids is 2. The summed E-state index contributed by atoms with van der Waals surface area (Å²) < 4.78 is 57.5. The molecule has 2 fully saturated rings. The van der Waals surface area contributed by atoms with Crippen LogP contribution in [0, 0.1) is 5.92 Å². The minimum absolute atomic E-state index is 0.0798. The minimum Gasteiger partial charge on any atom is -0.465 e. The summed E-state index contributed by atoms with van der Waals surface area (Å²) in [5.74, 6) is -0.898. The number of piperidine rings is 2. The van der Waals surface area contributed by atoms with E-state index in [1.807, 2.05) is 19.1 Å². The fraction of sp³-hybridized carbons (Fsp3) is 0.484. The molecule has 0 aliphatic carbocycles. The molecule has 0 N–H and O–H groups in total. The van der Waals surface area contributed by atoms with E-state index in [1.165, 1.54) is 13.3 Å². The number of hydrogen-bond donors (Lipinski definition) is 0. The van der Waals surface area contributed by atoms with E-state index in [0.717, 1.165) is 50.2 Å². The zero-order valence-corrected chi connectivity index (χ0v) is 24.2. The van der Waals surface area contributed by atoms with Crippen LogP contribution in [0.3, 0.4) is 0 Å². The molecule has 230 valence electrons. The molecule has 0 amide bonds. The van der Waals surface area contributed by atoms with Crippen molar-refractivity contribution in [2.75, 3.05) is 43.1 Å². The minimum atomic E-state index is -4.80. The molecule has 2 aromatic heterocycles. The Kier molecular flexibility index (Phi) is 9.34. The van der Waals surface area contributed by atoms with Crippen LogP contribution in [0.2, 0.25) is 0 Å². The maximum atomic E-state index is 13.7. The van der Waals surface area contributed by atoms with E-state index in [2.05, 4.69) is 14.9 Å². The third-order valence-corrected chi connectivity index (χ3v) is 7.87. The van der Waals surface area contributed by atoms with Crippen molar-refractivity contribution in [3.63, 3.8) is 0 Å². The molecule has 0 radical (unpaired) electrons. The van der Waals surface area contributed by atoms with Crippen LogP contribution >= 0.6 is 0 Å². The topological polar surface area (TPSA) is 98.0 Å². The van der Waals surface area contributed by atoms with Gasteiger partial charge in [-0.15, -0.1) is 0 Å². The quantitative estimate of drug-likeness (QED) is 0.226. The van der Waals surface area contributed by atoms with Gasteiger partial charge in [-0.05, 0) is 60.9 Å². The Balaban J connectivity index is 1.14. The monoisotopic (exact) mass is 600 g/mol. The van der Waals surface area contributed by atoms with Crippen molar-refractivity contribution < 1.29 is 36.7 Å². The van der Waals surface area contributed by atoms with Crippen LogP contribution < -0.4 is 9.80 Å². The number of halogens is 3. The number of rotatable bonds is 9. The van der Waals surface area contributed by atoms with Gasteiger partial charge < -0.3 is 23.7 Å². The van der Waals surface area contributed by atoms with Crippen molar-refractivity contribution in [3.8, 4) is 0 Å². The van der Waals surface area contributed by atoms with Crippen molar-refractivity contribution in [2.24, 2.45) is 5.92 Å². The smallest absolute Gasteiger partial charge is 0.437 e. The molecule has 12 heteroatoms. The van der Waals surface area contributed by atoms with Crippen molar-refractivity contribution in [3.05, 3.63) is 70.7 Å². The van der Waals surface area contributed by atoms with Crippen molar-refractivity contribution in [1.82, 2.24) is 9.97 Å². The Morgan fingerprint density at radius 1 is 1.00 bits per heavy atom. The highest BCUT2D eigenvalue weighted by molar-refractivity contribution is 5.96. The number of hydrogen-bond acceptors (Lipinski definition) is 9. The molecular formula is C31H35F3N4O5. The second kappa shape index (κ2) is 13.2. The van der Waals surface area contributed by atoms with Gasteiger partial charge in [-0.25, -0.2) is 9.78 Å². The highest BCUT2D eigenvalue weighted by Crippen LogP contribution is 2.35. The predicted octanol–water partition coefficient (Wildman–Crippen LogP) is 5.72. The number of pyridine rings is 1. The molecule has 3 aromatic rings. The Hall–Kier alpha value is -3.93. The molecule has 43 heavy (non-hydrogen) atoms. The van der Waals surface area contributed by atoms with Gasteiger partial charge in [-0.1, -0.05) is 25.1 Å². The number of Topliss-reactive ketones (excluding diaryl/α,β-unsaturated/α-hetero) is 1.